The van der Waals surface area contributed by atoms with Gasteiger partial charge in [-0.1, -0.05) is 17.7 Å². The number of hydrogen-bond acceptors (Lipinski definition) is 5. The summed E-state index contributed by atoms with van der Waals surface area (Å²) in [4.78, 5) is 11.6. The highest BCUT2D eigenvalue weighted by molar-refractivity contribution is 5.26. The Morgan fingerprint density at radius 2 is 1.77 bits per heavy atom. The Labute approximate surface area is 129 Å². The minimum Gasteiger partial charge on any atom is -0.494 e. The average Bonchev–Trinajstić information content (AvgIpc) is 2.53. The Hall–Kier alpha value is -2.27. The minimum absolute atomic E-state index is 0.164. The molecule has 5 nitrogen and oxygen atoms in total. The summed E-state index contributed by atoms with van der Waals surface area (Å²) in [6.07, 6.45) is 2.83. The summed E-state index contributed by atoms with van der Waals surface area (Å²) in [5.74, 6) is 1.24. The van der Waals surface area contributed by atoms with Crippen molar-refractivity contribution >= 4 is 0 Å². The van der Waals surface area contributed by atoms with Gasteiger partial charge in [-0.2, -0.15) is 0 Å². The van der Waals surface area contributed by atoms with Crippen molar-refractivity contribution in [1.82, 2.24) is 0 Å². The van der Waals surface area contributed by atoms with Crippen LogP contribution in [0.15, 0.2) is 45.8 Å². The summed E-state index contributed by atoms with van der Waals surface area (Å²) in [6, 6.07) is 9.14. The number of aliphatic hydroxyl groups is 1. The van der Waals surface area contributed by atoms with E-state index in [4.69, 9.17) is 19.0 Å². The zero-order valence-corrected chi connectivity index (χ0v) is 12.6. The number of ether oxygens (including phenoxy) is 2. The van der Waals surface area contributed by atoms with E-state index in [0.29, 0.717) is 13.2 Å². The molecule has 5 heteroatoms. The lowest BCUT2D eigenvalue weighted by Crippen LogP contribution is -2.09. The van der Waals surface area contributed by atoms with Crippen LogP contribution in [0.3, 0.4) is 0 Å². The van der Waals surface area contributed by atoms with Crippen LogP contribution in [0.5, 0.6) is 11.5 Å². The highest BCUT2D eigenvalue weighted by Gasteiger charge is 2.03. The molecule has 0 unspecified atom stereocenters. The maximum Gasteiger partial charge on any atom is 0.227 e. The first kappa shape index (κ1) is 16.1. The van der Waals surface area contributed by atoms with Gasteiger partial charge in [0.05, 0.1) is 13.2 Å². The molecule has 0 aliphatic carbocycles. The molecule has 118 valence electrons. The van der Waals surface area contributed by atoms with Crippen LogP contribution in [-0.2, 0) is 6.61 Å². The van der Waals surface area contributed by atoms with Crippen LogP contribution < -0.4 is 14.9 Å². The van der Waals surface area contributed by atoms with E-state index in [2.05, 4.69) is 0 Å². The number of aryl methyl sites for hydroxylation is 1. The zero-order valence-electron chi connectivity index (χ0n) is 12.6. The van der Waals surface area contributed by atoms with E-state index in [-0.39, 0.29) is 23.5 Å². The third-order valence-electron chi connectivity index (χ3n) is 3.09. The Morgan fingerprint density at radius 3 is 2.41 bits per heavy atom. The monoisotopic (exact) mass is 304 g/mol. The van der Waals surface area contributed by atoms with Gasteiger partial charge in [0.2, 0.25) is 11.2 Å². The molecule has 2 aromatic rings. The van der Waals surface area contributed by atoms with E-state index in [1.54, 1.807) is 0 Å². The summed E-state index contributed by atoms with van der Waals surface area (Å²) in [5, 5.41) is 8.85. The average molecular weight is 304 g/mol. The van der Waals surface area contributed by atoms with Gasteiger partial charge < -0.3 is 19.0 Å². The summed E-state index contributed by atoms with van der Waals surface area (Å²) in [6.45, 7) is 2.75. The fraction of sp³-hybridized carbons (Fsp3) is 0.353. The molecule has 0 atom stereocenters. The lowest BCUT2D eigenvalue weighted by Gasteiger charge is -2.07. The lowest BCUT2D eigenvalue weighted by molar-refractivity contribution is 0.234. The van der Waals surface area contributed by atoms with Gasteiger partial charge in [-0.15, -0.1) is 0 Å². The smallest absolute Gasteiger partial charge is 0.227 e. The summed E-state index contributed by atoms with van der Waals surface area (Å²) in [5.41, 5.74) is 0.915. The van der Waals surface area contributed by atoms with E-state index in [1.807, 2.05) is 31.2 Å². The van der Waals surface area contributed by atoms with Gasteiger partial charge in [0.15, 0.2) is 0 Å². The maximum absolute atomic E-state index is 11.6. The molecule has 0 saturated carbocycles. The predicted octanol–water partition coefficient (Wildman–Crippen LogP) is 2.68. The van der Waals surface area contributed by atoms with Gasteiger partial charge in [-0.25, -0.2) is 0 Å². The molecule has 0 aliphatic rings. The number of aliphatic hydroxyl groups excluding tert-OH is 1. The molecule has 0 amide bonds. The van der Waals surface area contributed by atoms with Gasteiger partial charge in [0.1, 0.15) is 24.4 Å². The van der Waals surface area contributed by atoms with E-state index in [1.165, 1.54) is 17.9 Å². The topological polar surface area (TPSA) is 68.9 Å². The van der Waals surface area contributed by atoms with Crippen molar-refractivity contribution in [1.29, 1.82) is 0 Å². The van der Waals surface area contributed by atoms with Gasteiger partial charge in [0.25, 0.3) is 0 Å². The Kier molecular flexibility index (Phi) is 6.03. The zero-order chi connectivity index (χ0) is 15.8. The second-order valence-corrected chi connectivity index (χ2v) is 4.95. The highest BCUT2D eigenvalue weighted by atomic mass is 16.5. The Bertz CT molecular complexity index is 630. The first-order valence-corrected chi connectivity index (χ1v) is 7.24. The first-order valence-electron chi connectivity index (χ1n) is 7.24. The SMILES string of the molecule is Cc1ccc(OCCCCOc2coc(CO)cc2=O)cc1. The van der Waals surface area contributed by atoms with Crippen LogP contribution in [0.25, 0.3) is 0 Å². The van der Waals surface area contributed by atoms with Crippen molar-refractivity contribution in [2.45, 2.75) is 26.4 Å². The van der Waals surface area contributed by atoms with Crippen molar-refractivity contribution in [2.24, 2.45) is 0 Å². The molecule has 2 rings (SSSR count). The molecule has 0 bridgehead atoms. The van der Waals surface area contributed by atoms with Crippen molar-refractivity contribution in [3.8, 4) is 11.5 Å². The van der Waals surface area contributed by atoms with Crippen LogP contribution in [0.1, 0.15) is 24.2 Å². The number of unbranched alkanes of at least 4 members (excludes halogenated alkanes) is 1. The number of benzene rings is 1. The molecule has 0 radical (unpaired) electrons. The molecule has 0 aliphatic heterocycles. The molecule has 1 heterocycles. The van der Waals surface area contributed by atoms with Crippen molar-refractivity contribution in [2.75, 3.05) is 13.2 Å². The van der Waals surface area contributed by atoms with E-state index in [0.717, 1.165) is 18.6 Å². The van der Waals surface area contributed by atoms with Crippen LogP contribution >= 0.6 is 0 Å². The molecule has 22 heavy (non-hydrogen) atoms. The highest BCUT2D eigenvalue weighted by Crippen LogP contribution is 2.12. The molecule has 0 saturated heterocycles. The van der Waals surface area contributed by atoms with Crippen LogP contribution in [0, 0.1) is 6.92 Å². The second kappa shape index (κ2) is 8.24. The standard InChI is InChI=1S/C17H20O5/c1-13-4-6-14(7-5-13)20-8-2-3-9-21-17-12-22-15(11-18)10-16(17)19/h4-7,10,12,18H,2-3,8-9,11H2,1H3. The molecule has 1 N–H and O–H groups in total. The third kappa shape index (κ3) is 4.93. The van der Waals surface area contributed by atoms with Gasteiger partial charge in [-0.05, 0) is 31.9 Å². The summed E-state index contributed by atoms with van der Waals surface area (Å²) in [7, 11) is 0. The predicted molar refractivity (Wildman–Crippen MR) is 82.3 cm³/mol. The van der Waals surface area contributed by atoms with E-state index in [9.17, 15) is 4.79 Å². The normalized spacial score (nSPS) is 10.5. The van der Waals surface area contributed by atoms with Gasteiger partial charge >= 0.3 is 0 Å². The summed E-state index contributed by atoms with van der Waals surface area (Å²) >= 11 is 0. The quantitative estimate of drug-likeness (QED) is 0.759. The molecule has 0 spiro atoms. The third-order valence-corrected chi connectivity index (χ3v) is 3.09. The number of hydrogen-bond donors (Lipinski definition) is 1. The van der Waals surface area contributed by atoms with Gasteiger partial charge in [0, 0.05) is 6.07 Å². The second-order valence-electron chi connectivity index (χ2n) is 4.95. The first-order chi connectivity index (χ1) is 10.7. The number of rotatable bonds is 8. The molecular formula is C17H20O5. The Balaban J connectivity index is 1.65. The van der Waals surface area contributed by atoms with Gasteiger partial charge in [-0.3, -0.25) is 4.79 Å². The molecule has 1 aromatic carbocycles. The van der Waals surface area contributed by atoms with Crippen molar-refractivity contribution in [3.05, 3.63) is 58.1 Å². The Morgan fingerprint density at radius 1 is 1.09 bits per heavy atom. The lowest BCUT2D eigenvalue weighted by atomic mass is 10.2. The molecule has 1 aromatic heterocycles. The molecule has 0 fully saturated rings. The largest absolute Gasteiger partial charge is 0.494 e. The van der Waals surface area contributed by atoms with Crippen LogP contribution in [0.2, 0.25) is 0 Å². The van der Waals surface area contributed by atoms with Crippen LogP contribution in [0.4, 0.5) is 0 Å². The minimum atomic E-state index is -0.300. The van der Waals surface area contributed by atoms with Crippen molar-refractivity contribution < 1.29 is 19.0 Å². The molecular weight excluding hydrogens is 284 g/mol. The fourth-order valence-electron chi connectivity index (χ4n) is 1.84. The van der Waals surface area contributed by atoms with E-state index < -0.39 is 0 Å². The van der Waals surface area contributed by atoms with Crippen molar-refractivity contribution in [3.63, 3.8) is 0 Å². The van der Waals surface area contributed by atoms with Crippen LogP contribution in [-0.4, -0.2) is 18.3 Å². The fourth-order valence-corrected chi connectivity index (χ4v) is 1.84. The maximum atomic E-state index is 11.6. The summed E-state index contributed by atoms with van der Waals surface area (Å²) < 4.78 is 16.0. The van der Waals surface area contributed by atoms with E-state index >= 15 is 0 Å².